The number of halogens is 2. The minimum absolute atomic E-state index is 0. The predicted octanol–water partition coefficient (Wildman–Crippen LogP) is -5.74. The van der Waals surface area contributed by atoms with Gasteiger partial charge in [-0.3, -0.25) is 17.4 Å². The summed E-state index contributed by atoms with van der Waals surface area (Å²) < 4.78 is 0.383. The third-order valence-corrected chi connectivity index (χ3v) is 5.14. The highest BCUT2D eigenvalue weighted by Crippen LogP contribution is 2.32. The summed E-state index contributed by atoms with van der Waals surface area (Å²) >= 11 is 2.18. The Morgan fingerprint density at radius 1 is 0.818 bits per heavy atom. The average molecular weight is 397 g/mol. The number of aliphatic hydroxyl groups is 2. The standard InChI is InChI=1S/C12H26N2O4S2.2ClH/c1-9(17)19-13(3,4)11(7-15)12(8-16)14(5,6)20-10(2)18;;/h11-12,15-16H,7-8H2,1-6H3;2*1H/q+2;;/p-2. The van der Waals surface area contributed by atoms with Crippen LogP contribution in [0.5, 0.6) is 0 Å². The molecule has 10 heteroatoms. The molecule has 0 bridgehead atoms. The number of nitrogens with zero attached hydrogens (tertiary/aromatic N) is 2. The van der Waals surface area contributed by atoms with Gasteiger partial charge in [0.15, 0.2) is 36.0 Å². The fraction of sp³-hybridized carbons (Fsp3) is 0.833. The molecule has 0 aliphatic carbocycles. The molecule has 0 radical (unpaired) electrons. The van der Waals surface area contributed by atoms with Crippen LogP contribution in [0.3, 0.4) is 0 Å². The van der Waals surface area contributed by atoms with E-state index in [1.807, 2.05) is 28.2 Å². The summed E-state index contributed by atoms with van der Waals surface area (Å²) in [4.78, 5) is 22.7. The molecule has 2 unspecified atom stereocenters. The van der Waals surface area contributed by atoms with E-state index >= 15 is 0 Å². The molecule has 0 aromatic heterocycles. The molecule has 0 aromatic rings. The molecule has 22 heavy (non-hydrogen) atoms. The lowest BCUT2D eigenvalue weighted by Crippen LogP contribution is -3.00. The van der Waals surface area contributed by atoms with E-state index in [-0.39, 0.29) is 68.1 Å². The van der Waals surface area contributed by atoms with Crippen LogP contribution in [-0.4, -0.2) is 81.7 Å². The van der Waals surface area contributed by atoms with Crippen LogP contribution >= 0.6 is 23.9 Å². The molecule has 2 atom stereocenters. The Morgan fingerprint density at radius 3 is 1.18 bits per heavy atom. The number of likely N-dealkylation sites (N-methyl/N-ethyl adjacent to an activating group) is 2. The zero-order chi connectivity index (χ0) is 16.1. The Labute approximate surface area is 153 Å². The van der Waals surface area contributed by atoms with Crippen molar-refractivity contribution in [3.63, 3.8) is 0 Å². The summed E-state index contributed by atoms with van der Waals surface area (Å²) in [5.41, 5.74) is 0. The van der Waals surface area contributed by atoms with E-state index in [0.29, 0.717) is 0 Å². The minimum atomic E-state index is -0.379. The number of carbonyl (C=O) groups is 2. The first kappa shape index (κ1) is 27.3. The lowest BCUT2D eigenvalue weighted by atomic mass is 10.1. The van der Waals surface area contributed by atoms with Crippen molar-refractivity contribution >= 4 is 34.1 Å². The molecule has 134 valence electrons. The number of aliphatic hydroxyl groups excluding tert-OH is 2. The van der Waals surface area contributed by atoms with Gasteiger partial charge in [-0.15, -0.1) is 0 Å². The number of hydrogen-bond acceptors (Lipinski definition) is 6. The van der Waals surface area contributed by atoms with Crippen LogP contribution in [0, 0.1) is 0 Å². The number of quaternary nitrogens is 2. The molecule has 0 aliphatic rings. The highest BCUT2D eigenvalue weighted by molar-refractivity contribution is 8.09. The Bertz CT molecular complexity index is 337. The Kier molecular flexibility index (Phi) is 13.8. The van der Waals surface area contributed by atoms with Gasteiger partial charge in [-0.05, 0) is 0 Å². The van der Waals surface area contributed by atoms with Crippen molar-refractivity contribution in [2.24, 2.45) is 0 Å². The van der Waals surface area contributed by atoms with E-state index in [4.69, 9.17) is 0 Å². The molecule has 0 aromatic carbocycles. The molecule has 0 saturated heterocycles. The van der Waals surface area contributed by atoms with Crippen molar-refractivity contribution in [2.75, 3.05) is 41.4 Å². The van der Waals surface area contributed by atoms with Crippen LogP contribution in [0.4, 0.5) is 0 Å². The summed E-state index contributed by atoms with van der Waals surface area (Å²) in [6.45, 7) is 2.58. The fourth-order valence-electron chi connectivity index (χ4n) is 2.26. The fourth-order valence-corrected chi connectivity index (χ4v) is 4.27. The van der Waals surface area contributed by atoms with Gasteiger partial charge in [0.1, 0.15) is 13.2 Å². The largest absolute Gasteiger partial charge is 1.00 e. The highest BCUT2D eigenvalue weighted by Gasteiger charge is 2.47. The quantitative estimate of drug-likeness (QED) is 0.330. The second kappa shape index (κ2) is 11.1. The topological polar surface area (TPSA) is 74.6 Å². The maximum atomic E-state index is 11.4. The molecule has 0 aliphatic heterocycles. The van der Waals surface area contributed by atoms with Gasteiger partial charge in [-0.1, -0.05) is 0 Å². The summed E-state index contributed by atoms with van der Waals surface area (Å²) in [7, 11) is 7.25. The first-order valence-corrected chi connectivity index (χ1v) is 7.82. The Balaban J connectivity index is -0.00000180. The summed E-state index contributed by atoms with van der Waals surface area (Å²) in [5, 5.41) is 19.3. The van der Waals surface area contributed by atoms with E-state index in [2.05, 4.69) is 0 Å². The molecule has 0 rings (SSSR count). The molecular weight excluding hydrogens is 371 g/mol. The molecule has 6 nitrogen and oxygen atoms in total. The van der Waals surface area contributed by atoms with Crippen molar-refractivity contribution < 1.29 is 52.4 Å². The average Bonchev–Trinajstić information content (AvgIpc) is 2.20. The summed E-state index contributed by atoms with van der Waals surface area (Å²) in [6, 6.07) is -0.758. The highest BCUT2D eigenvalue weighted by atomic mass is 35.5. The van der Waals surface area contributed by atoms with Crippen molar-refractivity contribution in [1.29, 1.82) is 0 Å². The van der Waals surface area contributed by atoms with Crippen LogP contribution in [0.2, 0.25) is 0 Å². The molecule has 2 N–H and O–H groups in total. The molecule has 0 amide bonds. The Hall–Kier alpha value is 0.460. The zero-order valence-electron chi connectivity index (χ0n) is 13.7. The van der Waals surface area contributed by atoms with Crippen LogP contribution < -0.4 is 24.8 Å². The van der Waals surface area contributed by atoms with Gasteiger partial charge in [-0.25, -0.2) is 0 Å². The van der Waals surface area contributed by atoms with Crippen molar-refractivity contribution in [3.05, 3.63) is 0 Å². The van der Waals surface area contributed by atoms with E-state index in [9.17, 15) is 19.8 Å². The first-order valence-electron chi connectivity index (χ1n) is 6.27. The molecule has 0 saturated carbocycles. The first-order chi connectivity index (χ1) is 8.97. The SMILES string of the molecule is CC(=O)S[N+](C)(C)C(CO)C(CO)[N+](C)(C)SC(C)=O.[Cl-].[Cl-]. The molecular formula is C12H26Cl2N2O4S2. The second-order valence-electron chi connectivity index (χ2n) is 5.53. The van der Waals surface area contributed by atoms with Crippen LogP contribution in [0.1, 0.15) is 13.8 Å². The smallest absolute Gasteiger partial charge is 0.242 e. The minimum Gasteiger partial charge on any atom is -1.00 e. The number of rotatable bonds is 7. The monoisotopic (exact) mass is 396 g/mol. The van der Waals surface area contributed by atoms with Crippen molar-refractivity contribution in [2.45, 2.75) is 25.9 Å². The Morgan fingerprint density at radius 2 is 1.05 bits per heavy atom. The maximum Gasteiger partial charge on any atom is 0.242 e. The summed E-state index contributed by atoms with van der Waals surface area (Å²) in [5.74, 6) is 0. The van der Waals surface area contributed by atoms with Gasteiger partial charge in [-0.2, -0.15) is 0 Å². The maximum absolute atomic E-state index is 11.4. The normalized spacial score (nSPS) is 14.4. The predicted molar refractivity (Wildman–Crippen MR) is 82.5 cm³/mol. The van der Waals surface area contributed by atoms with Gasteiger partial charge in [0.05, 0.1) is 28.2 Å². The molecule has 0 heterocycles. The van der Waals surface area contributed by atoms with Gasteiger partial charge < -0.3 is 35.0 Å². The van der Waals surface area contributed by atoms with Crippen molar-refractivity contribution in [3.8, 4) is 0 Å². The van der Waals surface area contributed by atoms with Crippen LogP contribution in [-0.2, 0) is 9.59 Å². The van der Waals surface area contributed by atoms with Gasteiger partial charge in [0.25, 0.3) is 0 Å². The van der Waals surface area contributed by atoms with Crippen LogP contribution in [0.15, 0.2) is 0 Å². The molecule has 0 spiro atoms. The lowest BCUT2D eigenvalue weighted by Gasteiger charge is -2.42. The van der Waals surface area contributed by atoms with Gasteiger partial charge >= 0.3 is 0 Å². The molecule has 0 fully saturated rings. The second-order valence-corrected chi connectivity index (χ2v) is 8.93. The number of hydrogen-bond donors (Lipinski definition) is 2. The van der Waals surface area contributed by atoms with Gasteiger partial charge in [0.2, 0.25) is 10.2 Å². The van der Waals surface area contributed by atoms with Gasteiger partial charge in [0, 0.05) is 13.8 Å². The van der Waals surface area contributed by atoms with Crippen LogP contribution in [0.25, 0.3) is 0 Å². The third-order valence-electron chi connectivity index (χ3n) is 3.14. The lowest BCUT2D eigenvalue weighted by molar-refractivity contribution is -0.857. The van der Waals surface area contributed by atoms with Crippen molar-refractivity contribution in [1.82, 2.24) is 0 Å². The summed E-state index contributed by atoms with van der Waals surface area (Å²) in [6.07, 6.45) is 0. The van der Waals surface area contributed by atoms with E-state index in [1.54, 1.807) is 0 Å². The van der Waals surface area contributed by atoms with E-state index < -0.39 is 0 Å². The van der Waals surface area contributed by atoms with E-state index in [0.717, 1.165) is 23.9 Å². The zero-order valence-corrected chi connectivity index (χ0v) is 16.9. The van der Waals surface area contributed by atoms with E-state index in [1.165, 1.54) is 13.8 Å². The number of carbonyl (C=O) groups excluding carboxylic acids is 2. The third kappa shape index (κ3) is 8.35.